The Balaban J connectivity index is 1.76. The summed E-state index contributed by atoms with van der Waals surface area (Å²) in [6, 6.07) is 0. The van der Waals surface area contributed by atoms with E-state index in [0.29, 0.717) is 0 Å². The second-order valence-electron chi connectivity index (χ2n) is 2.34. The van der Waals surface area contributed by atoms with Crippen LogP contribution in [0.3, 0.4) is 0 Å². The molecule has 38 valence electrons. The van der Waals surface area contributed by atoms with Gasteiger partial charge >= 0.3 is 0 Å². The maximum atomic E-state index is 3.15. The molecule has 0 atom stereocenters. The van der Waals surface area contributed by atoms with Crippen molar-refractivity contribution < 1.29 is 0 Å². The predicted octanol–water partition coefficient (Wildman–Crippen LogP) is 0.536. The monoisotopic (exact) mass is 95.1 g/mol. The molecule has 0 fully saturated rings. The zero-order valence-corrected chi connectivity index (χ0v) is 4.49. The standard InChI is InChI=1S/C6H9N/c1-7-3-6-4-2-5(4)6/h6-7H,2-3H2,1H3. The molecule has 0 radical (unpaired) electrons. The third-order valence-corrected chi connectivity index (χ3v) is 1.83. The van der Waals surface area contributed by atoms with Crippen LogP contribution in [0.15, 0.2) is 11.1 Å². The highest BCUT2D eigenvalue weighted by Crippen LogP contribution is 2.59. The van der Waals surface area contributed by atoms with E-state index in [1.54, 1.807) is 11.1 Å². The van der Waals surface area contributed by atoms with Gasteiger partial charge in [0.15, 0.2) is 0 Å². The molecule has 0 unspecified atom stereocenters. The number of hydrogen-bond acceptors (Lipinski definition) is 1. The van der Waals surface area contributed by atoms with Crippen molar-refractivity contribution in [3.63, 3.8) is 0 Å². The Morgan fingerprint density at radius 1 is 1.71 bits per heavy atom. The Hall–Kier alpha value is -0.300. The molecule has 0 aromatic rings. The van der Waals surface area contributed by atoms with Gasteiger partial charge in [-0.05, 0) is 13.5 Å². The molecule has 0 saturated carbocycles. The summed E-state index contributed by atoms with van der Waals surface area (Å²) >= 11 is 0. The predicted molar refractivity (Wildman–Crippen MR) is 29.1 cm³/mol. The van der Waals surface area contributed by atoms with Gasteiger partial charge < -0.3 is 5.32 Å². The van der Waals surface area contributed by atoms with Crippen molar-refractivity contribution in [2.24, 2.45) is 5.92 Å². The van der Waals surface area contributed by atoms with Crippen LogP contribution in [0.2, 0.25) is 0 Å². The van der Waals surface area contributed by atoms with Crippen molar-refractivity contribution in [2.75, 3.05) is 13.6 Å². The summed E-state index contributed by atoms with van der Waals surface area (Å²) in [7, 11) is 2.01. The first-order valence-corrected chi connectivity index (χ1v) is 2.80. The first-order valence-electron chi connectivity index (χ1n) is 2.80. The molecule has 2 aliphatic carbocycles. The molecule has 0 bridgehead atoms. The average molecular weight is 95.1 g/mol. The van der Waals surface area contributed by atoms with Crippen molar-refractivity contribution in [1.82, 2.24) is 5.32 Å². The molecule has 0 spiro atoms. The Morgan fingerprint density at radius 2 is 2.43 bits per heavy atom. The number of nitrogens with one attached hydrogen (secondary N) is 1. The molecule has 7 heavy (non-hydrogen) atoms. The zero-order valence-electron chi connectivity index (χ0n) is 4.49. The van der Waals surface area contributed by atoms with Crippen LogP contribution in [-0.4, -0.2) is 13.6 Å². The highest BCUT2D eigenvalue weighted by atomic mass is 14.8. The molecule has 0 amide bonds. The number of hydrogen-bond donors (Lipinski definition) is 1. The fraction of sp³-hybridized carbons (Fsp3) is 0.667. The molecule has 0 aromatic carbocycles. The number of rotatable bonds is 2. The van der Waals surface area contributed by atoms with E-state index in [1.165, 1.54) is 13.0 Å². The second-order valence-corrected chi connectivity index (χ2v) is 2.34. The van der Waals surface area contributed by atoms with Crippen LogP contribution in [-0.2, 0) is 0 Å². The Bertz CT molecular complexity index is 123. The first-order chi connectivity index (χ1) is 3.43. The highest BCUT2D eigenvalue weighted by molar-refractivity contribution is 5.59. The Kier molecular flexibility index (Phi) is 0.482. The van der Waals surface area contributed by atoms with E-state index in [0.717, 1.165) is 5.92 Å². The summed E-state index contributed by atoms with van der Waals surface area (Å²) in [6.07, 6.45) is 1.38. The summed E-state index contributed by atoms with van der Waals surface area (Å²) in [5, 5.41) is 3.15. The Morgan fingerprint density at radius 3 is 2.57 bits per heavy atom. The van der Waals surface area contributed by atoms with Crippen LogP contribution in [0.5, 0.6) is 0 Å². The summed E-state index contributed by atoms with van der Waals surface area (Å²) in [5.41, 5.74) is 3.49. The van der Waals surface area contributed by atoms with Crippen LogP contribution in [0, 0.1) is 5.92 Å². The molecule has 0 saturated heterocycles. The second kappa shape index (κ2) is 0.920. The summed E-state index contributed by atoms with van der Waals surface area (Å²) in [6.45, 7) is 1.20. The lowest BCUT2D eigenvalue weighted by atomic mass is 10.1. The van der Waals surface area contributed by atoms with E-state index < -0.39 is 0 Å². The van der Waals surface area contributed by atoms with Crippen LogP contribution in [0.1, 0.15) is 6.42 Å². The van der Waals surface area contributed by atoms with Gasteiger partial charge in [0.05, 0.1) is 0 Å². The van der Waals surface area contributed by atoms with Crippen molar-refractivity contribution in [3.8, 4) is 0 Å². The molecular weight excluding hydrogens is 86.1 g/mol. The Labute approximate surface area is 43.4 Å². The van der Waals surface area contributed by atoms with Crippen LogP contribution < -0.4 is 5.32 Å². The molecule has 2 rings (SSSR count). The minimum Gasteiger partial charge on any atom is -0.319 e. The van der Waals surface area contributed by atoms with Crippen molar-refractivity contribution >= 4 is 0 Å². The minimum absolute atomic E-state index is 0.935. The summed E-state index contributed by atoms with van der Waals surface area (Å²) in [5.74, 6) is 0.935. The van der Waals surface area contributed by atoms with Crippen molar-refractivity contribution in [2.45, 2.75) is 6.42 Å². The molecule has 2 aliphatic rings. The van der Waals surface area contributed by atoms with E-state index in [9.17, 15) is 0 Å². The van der Waals surface area contributed by atoms with Gasteiger partial charge in [-0.25, -0.2) is 0 Å². The smallest absolute Gasteiger partial charge is 0.0144 e. The normalized spacial score (nSPS) is 25.3. The van der Waals surface area contributed by atoms with Gasteiger partial charge in [0.2, 0.25) is 0 Å². The SMILES string of the molecule is CNCC1C2=C1C2. The van der Waals surface area contributed by atoms with Crippen LogP contribution in [0.4, 0.5) is 0 Å². The van der Waals surface area contributed by atoms with Crippen molar-refractivity contribution in [1.29, 1.82) is 0 Å². The quantitative estimate of drug-likeness (QED) is 0.493. The van der Waals surface area contributed by atoms with Gasteiger partial charge in [-0.2, -0.15) is 0 Å². The van der Waals surface area contributed by atoms with E-state index in [2.05, 4.69) is 5.32 Å². The molecule has 0 aliphatic heterocycles. The lowest BCUT2D eigenvalue weighted by molar-refractivity contribution is 0.684. The lowest BCUT2D eigenvalue weighted by Gasteiger charge is -2.02. The van der Waals surface area contributed by atoms with Gasteiger partial charge in [-0.3, -0.25) is 0 Å². The van der Waals surface area contributed by atoms with Crippen LogP contribution in [0.25, 0.3) is 0 Å². The van der Waals surface area contributed by atoms with E-state index >= 15 is 0 Å². The van der Waals surface area contributed by atoms with Gasteiger partial charge in [-0.15, -0.1) is 0 Å². The van der Waals surface area contributed by atoms with Crippen molar-refractivity contribution in [3.05, 3.63) is 11.1 Å². The van der Waals surface area contributed by atoms with Crippen LogP contribution >= 0.6 is 0 Å². The summed E-state index contributed by atoms with van der Waals surface area (Å²) < 4.78 is 0. The molecule has 1 N–H and O–H groups in total. The maximum absolute atomic E-state index is 3.15. The van der Waals surface area contributed by atoms with Gasteiger partial charge in [0.1, 0.15) is 0 Å². The molecule has 0 heterocycles. The topological polar surface area (TPSA) is 12.0 Å². The lowest BCUT2D eigenvalue weighted by Crippen LogP contribution is -2.14. The van der Waals surface area contributed by atoms with E-state index in [1.807, 2.05) is 7.05 Å². The van der Waals surface area contributed by atoms with Gasteiger partial charge in [-0.1, -0.05) is 11.1 Å². The molecule has 0 aromatic heterocycles. The average Bonchev–Trinajstić information content (AvgIpc) is 2.41. The maximum Gasteiger partial charge on any atom is 0.0144 e. The fourth-order valence-electron chi connectivity index (χ4n) is 1.10. The largest absolute Gasteiger partial charge is 0.319 e. The molecular formula is C6H9N. The summed E-state index contributed by atoms with van der Waals surface area (Å²) in [4.78, 5) is 0. The molecule has 1 nitrogen and oxygen atoms in total. The van der Waals surface area contributed by atoms with E-state index in [-0.39, 0.29) is 0 Å². The third-order valence-electron chi connectivity index (χ3n) is 1.83. The first kappa shape index (κ1) is 3.67. The highest BCUT2D eigenvalue weighted by Gasteiger charge is 2.47. The molecule has 1 heteroatoms. The van der Waals surface area contributed by atoms with E-state index in [4.69, 9.17) is 0 Å². The zero-order chi connectivity index (χ0) is 4.85. The van der Waals surface area contributed by atoms with Gasteiger partial charge in [0.25, 0.3) is 0 Å². The van der Waals surface area contributed by atoms with Gasteiger partial charge in [0, 0.05) is 12.5 Å². The third kappa shape index (κ3) is 0.361. The minimum atomic E-state index is 0.935. The fourth-order valence-corrected chi connectivity index (χ4v) is 1.10.